The topological polar surface area (TPSA) is 52.6 Å². The average molecular weight is 343 g/mol. The van der Waals surface area contributed by atoms with Crippen LogP contribution < -0.4 is 0 Å². The molecule has 4 nitrogen and oxygen atoms in total. The lowest BCUT2D eigenvalue weighted by molar-refractivity contribution is -0.139. The molecular formula is C18H34O4Si. The van der Waals surface area contributed by atoms with Crippen molar-refractivity contribution < 1.29 is 18.8 Å². The molecule has 0 N–H and O–H groups in total. The van der Waals surface area contributed by atoms with Crippen molar-refractivity contribution >= 4 is 20.6 Å². The highest BCUT2D eigenvalue weighted by Crippen LogP contribution is 2.38. The standard InChI is InChI=1S/C18H34O4Si/c1-14(11-12-21-16(3)20)9-10-17(15(2)13-19)22-23(7,8)18(4,5)6/h11,13,15,17H,9-10,12H2,1-8H3/b14-11-/t15-,17-/m0/s1. The van der Waals surface area contributed by atoms with Crippen molar-refractivity contribution in [3.8, 4) is 0 Å². The maximum Gasteiger partial charge on any atom is 0.302 e. The van der Waals surface area contributed by atoms with Gasteiger partial charge in [-0.05, 0) is 44.0 Å². The van der Waals surface area contributed by atoms with Crippen LogP contribution in [0.2, 0.25) is 18.1 Å². The van der Waals surface area contributed by atoms with Gasteiger partial charge in [0, 0.05) is 12.8 Å². The van der Waals surface area contributed by atoms with Crippen molar-refractivity contribution in [2.45, 2.75) is 78.6 Å². The zero-order valence-electron chi connectivity index (χ0n) is 16.1. The van der Waals surface area contributed by atoms with Crippen molar-refractivity contribution in [3.63, 3.8) is 0 Å². The molecule has 0 spiro atoms. The second kappa shape index (κ2) is 9.38. The molecule has 0 heterocycles. The van der Waals surface area contributed by atoms with Crippen LogP contribution in [0.4, 0.5) is 0 Å². The summed E-state index contributed by atoms with van der Waals surface area (Å²) >= 11 is 0. The minimum absolute atomic E-state index is 0.0644. The predicted octanol–water partition coefficient (Wildman–Crippen LogP) is 4.50. The fourth-order valence-corrected chi connectivity index (χ4v) is 3.29. The van der Waals surface area contributed by atoms with E-state index in [4.69, 9.17) is 9.16 Å². The Balaban J connectivity index is 4.76. The van der Waals surface area contributed by atoms with Gasteiger partial charge in [0.15, 0.2) is 8.32 Å². The van der Waals surface area contributed by atoms with Gasteiger partial charge in [-0.15, -0.1) is 0 Å². The molecule has 5 heteroatoms. The van der Waals surface area contributed by atoms with Crippen LogP contribution in [0.5, 0.6) is 0 Å². The van der Waals surface area contributed by atoms with Gasteiger partial charge in [0.05, 0.1) is 6.10 Å². The molecule has 0 rings (SSSR count). The van der Waals surface area contributed by atoms with Crippen LogP contribution in [0.15, 0.2) is 11.6 Å². The SMILES string of the molecule is CC(=O)OC/C=C(/C)CC[C@H](O[Si](C)(C)C(C)(C)C)[C@@H](C)C=O. The van der Waals surface area contributed by atoms with Crippen LogP contribution >= 0.6 is 0 Å². The number of carbonyl (C=O) groups excluding carboxylic acids is 2. The fourth-order valence-electron chi connectivity index (χ4n) is 1.85. The molecule has 0 aromatic carbocycles. The molecule has 134 valence electrons. The van der Waals surface area contributed by atoms with Crippen molar-refractivity contribution in [1.29, 1.82) is 0 Å². The Hall–Kier alpha value is -0.943. The lowest BCUT2D eigenvalue weighted by atomic mass is 9.99. The molecule has 0 aromatic rings. The third kappa shape index (κ3) is 8.46. The van der Waals surface area contributed by atoms with E-state index in [1.807, 2.05) is 19.9 Å². The van der Waals surface area contributed by atoms with Gasteiger partial charge in [0.2, 0.25) is 0 Å². The molecule has 0 saturated heterocycles. The van der Waals surface area contributed by atoms with Crippen LogP contribution in [0, 0.1) is 5.92 Å². The lowest BCUT2D eigenvalue weighted by Crippen LogP contribution is -2.45. The molecule has 0 radical (unpaired) electrons. The first-order chi connectivity index (χ1) is 10.4. The molecule has 2 atom stereocenters. The van der Waals surface area contributed by atoms with E-state index in [1.165, 1.54) is 6.92 Å². The molecular weight excluding hydrogens is 308 g/mol. The van der Waals surface area contributed by atoms with Crippen LogP contribution in [0.1, 0.15) is 54.4 Å². The maximum absolute atomic E-state index is 11.2. The quantitative estimate of drug-likeness (QED) is 0.268. The van der Waals surface area contributed by atoms with Crippen molar-refractivity contribution in [1.82, 2.24) is 0 Å². The number of rotatable bonds is 9. The second-order valence-electron chi connectivity index (χ2n) is 7.80. The Morgan fingerprint density at radius 3 is 2.22 bits per heavy atom. The van der Waals surface area contributed by atoms with E-state index in [-0.39, 0.29) is 23.0 Å². The van der Waals surface area contributed by atoms with Gasteiger partial charge >= 0.3 is 5.97 Å². The van der Waals surface area contributed by atoms with Gasteiger partial charge in [0.25, 0.3) is 0 Å². The smallest absolute Gasteiger partial charge is 0.302 e. The minimum atomic E-state index is -1.91. The summed E-state index contributed by atoms with van der Waals surface area (Å²) in [6.45, 7) is 16.7. The van der Waals surface area contributed by atoms with Gasteiger partial charge in [0.1, 0.15) is 12.9 Å². The number of hydrogen-bond donors (Lipinski definition) is 0. The summed E-state index contributed by atoms with van der Waals surface area (Å²) in [4.78, 5) is 22.0. The Bertz CT molecular complexity index is 421. The third-order valence-electron chi connectivity index (χ3n) is 4.59. The fraction of sp³-hybridized carbons (Fsp3) is 0.778. The largest absolute Gasteiger partial charge is 0.462 e. The summed E-state index contributed by atoms with van der Waals surface area (Å²) < 4.78 is 11.4. The number of allylic oxidation sites excluding steroid dienone is 1. The summed E-state index contributed by atoms with van der Waals surface area (Å²) in [6, 6.07) is 0. The molecule has 0 amide bonds. The van der Waals surface area contributed by atoms with E-state index in [0.29, 0.717) is 6.61 Å². The normalized spacial score (nSPS) is 15.9. The number of aldehydes is 1. The summed E-state index contributed by atoms with van der Waals surface area (Å²) in [6.07, 6.45) is 4.46. The number of ether oxygens (including phenoxy) is 1. The second-order valence-corrected chi connectivity index (χ2v) is 12.6. The minimum Gasteiger partial charge on any atom is -0.462 e. The Morgan fingerprint density at radius 1 is 1.22 bits per heavy atom. The van der Waals surface area contributed by atoms with Gasteiger partial charge in [-0.1, -0.05) is 33.3 Å². The van der Waals surface area contributed by atoms with Gasteiger partial charge < -0.3 is 14.0 Å². The zero-order chi connectivity index (χ0) is 18.3. The van der Waals surface area contributed by atoms with Crippen LogP contribution in [0.3, 0.4) is 0 Å². The van der Waals surface area contributed by atoms with E-state index in [9.17, 15) is 9.59 Å². The Kier molecular flexibility index (Phi) is 8.99. The van der Waals surface area contributed by atoms with E-state index in [0.717, 1.165) is 24.7 Å². The molecule has 0 aromatic heterocycles. The summed E-state index contributed by atoms with van der Waals surface area (Å²) in [5, 5.41) is 0.119. The van der Waals surface area contributed by atoms with E-state index in [1.54, 1.807) is 0 Å². The summed E-state index contributed by atoms with van der Waals surface area (Å²) in [7, 11) is -1.91. The molecule has 0 aliphatic carbocycles. The number of esters is 1. The monoisotopic (exact) mass is 342 g/mol. The highest BCUT2D eigenvalue weighted by molar-refractivity contribution is 6.74. The predicted molar refractivity (Wildman–Crippen MR) is 96.9 cm³/mol. The highest BCUT2D eigenvalue weighted by Gasteiger charge is 2.40. The van der Waals surface area contributed by atoms with Gasteiger partial charge in [-0.2, -0.15) is 0 Å². The summed E-state index contributed by atoms with van der Waals surface area (Å²) in [5.74, 6) is -0.395. The first-order valence-corrected chi connectivity index (χ1v) is 11.2. The van der Waals surface area contributed by atoms with Crippen LogP contribution in [-0.2, 0) is 18.8 Å². The third-order valence-corrected chi connectivity index (χ3v) is 9.10. The van der Waals surface area contributed by atoms with Crippen molar-refractivity contribution in [2.24, 2.45) is 5.92 Å². The van der Waals surface area contributed by atoms with Gasteiger partial charge in [-0.3, -0.25) is 4.79 Å². The van der Waals surface area contributed by atoms with E-state index < -0.39 is 8.32 Å². The molecule has 23 heavy (non-hydrogen) atoms. The van der Waals surface area contributed by atoms with E-state index in [2.05, 4.69) is 33.9 Å². The number of hydrogen-bond acceptors (Lipinski definition) is 4. The number of carbonyl (C=O) groups is 2. The molecule has 0 saturated carbocycles. The van der Waals surface area contributed by atoms with Crippen LogP contribution in [-0.4, -0.2) is 33.3 Å². The Labute approximate surface area is 142 Å². The van der Waals surface area contributed by atoms with Crippen LogP contribution in [0.25, 0.3) is 0 Å². The first kappa shape index (κ1) is 22.1. The van der Waals surface area contributed by atoms with E-state index >= 15 is 0 Å². The molecule has 0 aliphatic rings. The zero-order valence-corrected chi connectivity index (χ0v) is 17.1. The highest BCUT2D eigenvalue weighted by atomic mass is 28.4. The summed E-state index contributed by atoms with van der Waals surface area (Å²) in [5.41, 5.74) is 1.15. The van der Waals surface area contributed by atoms with Gasteiger partial charge in [-0.25, -0.2) is 0 Å². The Morgan fingerprint density at radius 2 is 1.78 bits per heavy atom. The maximum atomic E-state index is 11.2. The first-order valence-electron chi connectivity index (χ1n) is 8.33. The van der Waals surface area contributed by atoms with Crippen molar-refractivity contribution in [2.75, 3.05) is 6.61 Å². The molecule has 0 bridgehead atoms. The average Bonchev–Trinajstić information content (AvgIpc) is 2.40. The lowest BCUT2D eigenvalue weighted by Gasteiger charge is -2.40. The molecule has 0 unspecified atom stereocenters. The van der Waals surface area contributed by atoms with Crippen molar-refractivity contribution in [3.05, 3.63) is 11.6 Å². The molecule has 0 aliphatic heterocycles. The molecule has 0 fully saturated rings.